The molecule has 1 unspecified atom stereocenters. The number of sulfonamides is 1. The van der Waals surface area contributed by atoms with Crippen molar-refractivity contribution in [2.24, 2.45) is 0 Å². The first kappa shape index (κ1) is 29.3. The van der Waals surface area contributed by atoms with Crippen molar-refractivity contribution in [2.45, 2.75) is 50.7 Å². The maximum atomic E-state index is 13.9. The molecule has 3 rings (SSSR count). The molecule has 0 aliphatic carbocycles. The van der Waals surface area contributed by atoms with E-state index in [1.807, 2.05) is 13.8 Å². The van der Waals surface area contributed by atoms with Crippen molar-refractivity contribution in [2.75, 3.05) is 10.8 Å². The highest BCUT2D eigenvalue weighted by molar-refractivity contribution is 9.10. The van der Waals surface area contributed by atoms with Gasteiger partial charge in [0.2, 0.25) is 11.8 Å². The number of nitrogens with one attached hydrogen (secondary N) is 1. The Morgan fingerprint density at radius 2 is 1.63 bits per heavy atom. The molecule has 0 bridgehead atoms. The Bertz CT molecular complexity index is 1350. The molecule has 0 saturated heterocycles. The molecule has 1 atom stereocenters. The lowest BCUT2D eigenvalue weighted by molar-refractivity contribution is -0.140. The number of anilines is 1. The van der Waals surface area contributed by atoms with Crippen LogP contribution in [0.4, 0.5) is 10.1 Å². The van der Waals surface area contributed by atoms with E-state index in [0.717, 1.165) is 4.31 Å². The van der Waals surface area contributed by atoms with Crippen molar-refractivity contribution in [3.8, 4) is 0 Å². The molecule has 0 aromatic heterocycles. The summed E-state index contributed by atoms with van der Waals surface area (Å²) in [6, 6.07) is 19.1. The Kier molecular flexibility index (Phi) is 10.0. The van der Waals surface area contributed by atoms with Gasteiger partial charge in [0.25, 0.3) is 10.0 Å². The Hall–Kier alpha value is -3.24. The molecular formula is C28H31BrFN3O4S. The summed E-state index contributed by atoms with van der Waals surface area (Å²) in [6.07, 6.45) is 0.299. The third-order valence-electron chi connectivity index (χ3n) is 5.79. The molecule has 7 nitrogen and oxygen atoms in total. The SMILES string of the molecule is CCC(C(=O)NC(C)C)N(Cc1ccc(F)cc1)C(=O)CN(c1cccc(Br)c1)S(=O)(=O)c1ccccc1. The van der Waals surface area contributed by atoms with Crippen molar-refractivity contribution in [1.29, 1.82) is 0 Å². The number of benzene rings is 3. The van der Waals surface area contributed by atoms with Gasteiger partial charge in [-0.3, -0.25) is 13.9 Å². The average Bonchev–Trinajstić information content (AvgIpc) is 2.88. The van der Waals surface area contributed by atoms with Gasteiger partial charge in [-0.25, -0.2) is 12.8 Å². The fourth-order valence-corrected chi connectivity index (χ4v) is 5.78. The van der Waals surface area contributed by atoms with Gasteiger partial charge in [0.1, 0.15) is 18.4 Å². The van der Waals surface area contributed by atoms with E-state index in [1.54, 1.807) is 49.4 Å². The molecule has 0 aliphatic rings. The average molecular weight is 605 g/mol. The number of amides is 2. The monoisotopic (exact) mass is 603 g/mol. The van der Waals surface area contributed by atoms with Crippen LogP contribution in [0.25, 0.3) is 0 Å². The molecule has 0 heterocycles. The van der Waals surface area contributed by atoms with E-state index >= 15 is 0 Å². The minimum Gasteiger partial charge on any atom is -0.352 e. The van der Waals surface area contributed by atoms with Crippen LogP contribution in [-0.2, 0) is 26.2 Å². The second-order valence-corrected chi connectivity index (χ2v) is 11.8. The van der Waals surface area contributed by atoms with Crippen LogP contribution in [0.5, 0.6) is 0 Å². The number of carbonyl (C=O) groups is 2. The van der Waals surface area contributed by atoms with Crippen LogP contribution in [0.3, 0.4) is 0 Å². The maximum absolute atomic E-state index is 13.9. The van der Waals surface area contributed by atoms with Crippen LogP contribution in [-0.4, -0.2) is 43.8 Å². The highest BCUT2D eigenvalue weighted by Gasteiger charge is 2.33. The molecule has 0 spiro atoms. The summed E-state index contributed by atoms with van der Waals surface area (Å²) in [6.45, 7) is 4.87. The van der Waals surface area contributed by atoms with Gasteiger partial charge in [0.05, 0.1) is 10.6 Å². The van der Waals surface area contributed by atoms with Crippen molar-refractivity contribution >= 4 is 43.5 Å². The van der Waals surface area contributed by atoms with E-state index in [0.29, 0.717) is 16.5 Å². The zero-order chi connectivity index (χ0) is 27.9. The first-order valence-electron chi connectivity index (χ1n) is 12.2. The second kappa shape index (κ2) is 13.0. The zero-order valence-corrected chi connectivity index (χ0v) is 23.9. The molecule has 202 valence electrons. The van der Waals surface area contributed by atoms with Gasteiger partial charge in [0, 0.05) is 17.1 Å². The van der Waals surface area contributed by atoms with Crippen LogP contribution in [0, 0.1) is 5.82 Å². The van der Waals surface area contributed by atoms with Gasteiger partial charge < -0.3 is 10.2 Å². The molecule has 1 N–H and O–H groups in total. The van der Waals surface area contributed by atoms with Gasteiger partial charge in [-0.1, -0.05) is 59.3 Å². The Balaban J connectivity index is 2.05. The molecule has 3 aromatic rings. The van der Waals surface area contributed by atoms with E-state index in [2.05, 4.69) is 21.2 Å². The van der Waals surface area contributed by atoms with Crippen molar-refractivity contribution in [3.05, 3.63) is 94.7 Å². The molecule has 0 radical (unpaired) electrons. The third kappa shape index (κ3) is 7.41. The fourth-order valence-electron chi connectivity index (χ4n) is 3.97. The van der Waals surface area contributed by atoms with E-state index in [1.165, 1.54) is 41.3 Å². The highest BCUT2D eigenvalue weighted by atomic mass is 79.9. The van der Waals surface area contributed by atoms with Crippen LogP contribution in [0.15, 0.2) is 88.2 Å². The molecular weight excluding hydrogens is 573 g/mol. The number of nitrogens with zero attached hydrogens (tertiary/aromatic N) is 2. The summed E-state index contributed by atoms with van der Waals surface area (Å²) >= 11 is 3.37. The summed E-state index contributed by atoms with van der Waals surface area (Å²) < 4.78 is 42.7. The Morgan fingerprint density at radius 3 is 2.21 bits per heavy atom. The Labute approximate surface area is 231 Å². The summed E-state index contributed by atoms with van der Waals surface area (Å²) in [5, 5.41) is 2.84. The van der Waals surface area contributed by atoms with E-state index in [9.17, 15) is 22.4 Å². The van der Waals surface area contributed by atoms with Gasteiger partial charge >= 0.3 is 0 Å². The van der Waals surface area contributed by atoms with E-state index < -0.39 is 34.3 Å². The van der Waals surface area contributed by atoms with Crippen LogP contribution in [0.2, 0.25) is 0 Å². The predicted molar refractivity (Wildman–Crippen MR) is 149 cm³/mol. The summed E-state index contributed by atoms with van der Waals surface area (Å²) in [5.74, 6) is -1.34. The number of halogens is 2. The van der Waals surface area contributed by atoms with Gasteiger partial charge in [-0.2, -0.15) is 0 Å². The largest absolute Gasteiger partial charge is 0.352 e. The molecule has 0 fully saturated rings. The summed E-state index contributed by atoms with van der Waals surface area (Å²) in [7, 11) is -4.13. The summed E-state index contributed by atoms with van der Waals surface area (Å²) in [5.41, 5.74) is 0.897. The maximum Gasteiger partial charge on any atom is 0.264 e. The number of hydrogen-bond donors (Lipinski definition) is 1. The molecule has 3 aromatic carbocycles. The van der Waals surface area contributed by atoms with Crippen molar-refractivity contribution in [1.82, 2.24) is 10.2 Å². The fraction of sp³-hybridized carbons (Fsp3) is 0.286. The quantitative estimate of drug-likeness (QED) is 0.330. The van der Waals surface area contributed by atoms with Gasteiger partial charge in [0.15, 0.2) is 0 Å². The number of hydrogen-bond acceptors (Lipinski definition) is 4. The van der Waals surface area contributed by atoms with E-state index in [-0.39, 0.29) is 29.1 Å². The molecule has 38 heavy (non-hydrogen) atoms. The van der Waals surface area contributed by atoms with Crippen molar-refractivity contribution < 1.29 is 22.4 Å². The predicted octanol–water partition coefficient (Wildman–Crippen LogP) is 5.12. The lowest BCUT2D eigenvalue weighted by atomic mass is 10.1. The smallest absolute Gasteiger partial charge is 0.264 e. The lowest BCUT2D eigenvalue weighted by Gasteiger charge is -2.33. The van der Waals surface area contributed by atoms with Crippen LogP contribution in [0.1, 0.15) is 32.8 Å². The summed E-state index contributed by atoms with van der Waals surface area (Å²) in [4.78, 5) is 28.4. The number of carbonyl (C=O) groups excluding carboxylic acids is 2. The Morgan fingerprint density at radius 1 is 0.974 bits per heavy atom. The minimum absolute atomic E-state index is 0.000837. The van der Waals surface area contributed by atoms with E-state index in [4.69, 9.17) is 0 Å². The van der Waals surface area contributed by atoms with Crippen LogP contribution < -0.4 is 9.62 Å². The molecule has 0 aliphatic heterocycles. The zero-order valence-electron chi connectivity index (χ0n) is 21.5. The van der Waals surface area contributed by atoms with Gasteiger partial charge in [-0.15, -0.1) is 0 Å². The van der Waals surface area contributed by atoms with Crippen molar-refractivity contribution in [3.63, 3.8) is 0 Å². The first-order valence-corrected chi connectivity index (χ1v) is 14.4. The normalized spacial score (nSPS) is 12.2. The van der Waals surface area contributed by atoms with Crippen LogP contribution >= 0.6 is 15.9 Å². The second-order valence-electron chi connectivity index (χ2n) is 9.04. The molecule has 0 saturated carbocycles. The third-order valence-corrected chi connectivity index (χ3v) is 8.07. The lowest BCUT2D eigenvalue weighted by Crippen LogP contribution is -2.53. The number of rotatable bonds is 11. The highest BCUT2D eigenvalue weighted by Crippen LogP contribution is 2.27. The first-order chi connectivity index (χ1) is 18.0. The topological polar surface area (TPSA) is 86.8 Å². The molecule has 2 amide bonds. The van der Waals surface area contributed by atoms with Gasteiger partial charge in [-0.05, 0) is 68.3 Å². The molecule has 10 heteroatoms. The minimum atomic E-state index is -4.13. The standard InChI is InChI=1S/C28H31BrFN3O4S/c1-4-26(28(35)31-20(2)3)32(18-21-13-15-23(30)16-14-21)27(34)19-33(24-10-8-9-22(29)17-24)38(36,37)25-11-6-5-7-12-25/h5-17,20,26H,4,18-19H2,1-3H3,(H,31,35).